The summed E-state index contributed by atoms with van der Waals surface area (Å²) in [5, 5.41) is 0.593. The third kappa shape index (κ3) is 1.69. The lowest BCUT2D eigenvalue weighted by Crippen LogP contribution is -1.80. The second kappa shape index (κ2) is 4.50. The fraction of sp³-hybridized carbons (Fsp3) is 0. The minimum Gasteiger partial charge on any atom is -0.456 e. The number of rotatable bonds is 1. The van der Waals surface area contributed by atoms with E-state index in [0.29, 0.717) is 15.4 Å². The van der Waals surface area contributed by atoms with E-state index in [-0.39, 0.29) is 46.8 Å². The third-order valence-electron chi connectivity index (χ3n) is 3.14. The molecular weight excluding hydrogens is 312 g/mol. The van der Waals surface area contributed by atoms with Gasteiger partial charge in [-0.2, -0.15) is 0 Å². The molecular formula is C18H11BrO. The van der Waals surface area contributed by atoms with Crippen molar-refractivity contribution in [2.75, 3.05) is 0 Å². The first-order valence-corrected chi connectivity index (χ1v) is 6.80. The average molecular weight is 329 g/mol. The van der Waals surface area contributed by atoms with Crippen LogP contribution in [0.3, 0.4) is 0 Å². The summed E-state index contributed by atoms with van der Waals surface area (Å²) in [6.45, 7) is 0. The van der Waals surface area contributed by atoms with E-state index in [1.165, 1.54) is 0 Å². The van der Waals surface area contributed by atoms with Crippen molar-refractivity contribution in [3.05, 3.63) is 71.1 Å². The van der Waals surface area contributed by atoms with Gasteiger partial charge in [0.05, 0.1) is 8.22 Å². The van der Waals surface area contributed by atoms with Gasteiger partial charge in [-0.15, -0.1) is 0 Å². The Morgan fingerprint density at radius 1 is 0.900 bits per heavy atom. The lowest BCUT2D eigenvalue weighted by molar-refractivity contribution is 0.669. The van der Waals surface area contributed by atoms with Gasteiger partial charge in [0.15, 0.2) is 0 Å². The van der Waals surface area contributed by atoms with Crippen LogP contribution in [-0.4, -0.2) is 0 Å². The quantitative estimate of drug-likeness (QED) is 0.416. The maximum Gasteiger partial charge on any atom is 0.136 e. The second-order valence-electron chi connectivity index (χ2n) is 4.32. The van der Waals surface area contributed by atoms with Crippen LogP contribution in [0, 0.1) is 0 Å². The van der Waals surface area contributed by atoms with Crippen LogP contribution in [0.25, 0.3) is 33.1 Å². The molecule has 1 nitrogen and oxygen atoms in total. The van der Waals surface area contributed by atoms with Crippen LogP contribution < -0.4 is 0 Å². The van der Waals surface area contributed by atoms with Gasteiger partial charge in [-0.05, 0) is 45.2 Å². The van der Waals surface area contributed by atoms with Gasteiger partial charge < -0.3 is 4.42 Å². The molecule has 0 atom stereocenters. The molecule has 0 amide bonds. The molecule has 0 aliphatic heterocycles. The smallest absolute Gasteiger partial charge is 0.136 e. The maximum absolute atomic E-state index is 8.38. The van der Waals surface area contributed by atoms with Gasteiger partial charge in [0.25, 0.3) is 0 Å². The molecule has 4 aromatic rings. The standard InChI is InChI=1S/C18H11BrO/c19-18-13(12-6-2-1-3-7-12)10-11-16-17(18)14-8-4-5-9-15(14)20-16/h1-11H/i4D,5D,8D,9D,10D,11D. The fourth-order valence-electron chi connectivity index (χ4n) is 2.22. The largest absolute Gasteiger partial charge is 0.456 e. The highest BCUT2D eigenvalue weighted by atomic mass is 79.9. The van der Waals surface area contributed by atoms with Crippen molar-refractivity contribution >= 4 is 37.9 Å². The third-order valence-corrected chi connectivity index (χ3v) is 3.93. The first-order valence-electron chi connectivity index (χ1n) is 9.01. The number of furan rings is 1. The summed E-state index contributed by atoms with van der Waals surface area (Å²) in [7, 11) is 0. The highest BCUT2D eigenvalue weighted by molar-refractivity contribution is 9.10. The van der Waals surface area contributed by atoms with Crippen LogP contribution in [0.4, 0.5) is 0 Å². The fourth-order valence-corrected chi connectivity index (χ4v) is 2.93. The number of halogens is 1. The van der Waals surface area contributed by atoms with Crippen molar-refractivity contribution in [3.63, 3.8) is 0 Å². The molecule has 1 aromatic heterocycles. The Labute approximate surface area is 133 Å². The van der Waals surface area contributed by atoms with E-state index < -0.39 is 6.04 Å². The Kier molecular flexibility index (Phi) is 1.59. The van der Waals surface area contributed by atoms with E-state index in [1.54, 1.807) is 0 Å². The van der Waals surface area contributed by atoms with Crippen molar-refractivity contribution in [3.8, 4) is 11.1 Å². The highest BCUT2D eigenvalue weighted by Gasteiger charge is 2.13. The molecule has 0 fully saturated rings. The molecule has 0 spiro atoms. The summed E-state index contributed by atoms with van der Waals surface area (Å²) in [4.78, 5) is 0. The Morgan fingerprint density at radius 3 is 2.55 bits per heavy atom. The molecule has 0 unspecified atom stereocenters. The van der Waals surface area contributed by atoms with Crippen LogP contribution in [-0.2, 0) is 0 Å². The molecule has 1 heterocycles. The van der Waals surface area contributed by atoms with Crippen molar-refractivity contribution < 1.29 is 12.6 Å². The van der Waals surface area contributed by atoms with Crippen molar-refractivity contribution in [1.82, 2.24) is 0 Å². The summed E-state index contributed by atoms with van der Waals surface area (Å²) in [5.74, 6) is 0. The second-order valence-corrected chi connectivity index (χ2v) is 5.11. The summed E-state index contributed by atoms with van der Waals surface area (Å²) >= 11 is 3.49. The van der Waals surface area contributed by atoms with Crippen LogP contribution in [0.1, 0.15) is 8.22 Å². The molecule has 0 aliphatic rings. The van der Waals surface area contributed by atoms with Gasteiger partial charge in [-0.3, -0.25) is 0 Å². The summed E-state index contributed by atoms with van der Waals surface area (Å²) in [6, 6.07) is 7.68. The SMILES string of the molecule is [2H]c1c([2H])c([2H])c2c(oc3c([2H])c([2H])c(-c4ccccc4)c(Br)c32)c1[2H]. The Bertz CT molecular complexity index is 1200. The number of benzene rings is 3. The Hall–Kier alpha value is -2.06. The predicted octanol–water partition coefficient (Wildman–Crippen LogP) is 6.02. The van der Waals surface area contributed by atoms with E-state index in [0.717, 1.165) is 5.56 Å². The minimum atomic E-state index is -0.390. The van der Waals surface area contributed by atoms with Gasteiger partial charge in [0.1, 0.15) is 11.2 Å². The zero-order valence-corrected chi connectivity index (χ0v) is 11.8. The van der Waals surface area contributed by atoms with E-state index in [4.69, 9.17) is 12.6 Å². The normalized spacial score (nSPS) is 15.4. The van der Waals surface area contributed by atoms with Crippen LogP contribution in [0.15, 0.2) is 75.5 Å². The average Bonchev–Trinajstić information content (AvgIpc) is 3.05. The highest BCUT2D eigenvalue weighted by Crippen LogP contribution is 2.39. The minimum absolute atomic E-state index is 0.00943. The Morgan fingerprint density at radius 2 is 1.70 bits per heavy atom. The van der Waals surface area contributed by atoms with E-state index in [1.807, 2.05) is 30.3 Å². The lowest BCUT2D eigenvalue weighted by atomic mass is 10.0. The van der Waals surface area contributed by atoms with E-state index in [9.17, 15) is 0 Å². The summed E-state index contributed by atoms with van der Waals surface area (Å²) < 4.78 is 54.9. The van der Waals surface area contributed by atoms with Gasteiger partial charge >= 0.3 is 0 Å². The number of hydrogen-bond donors (Lipinski definition) is 0. The molecule has 0 saturated carbocycles. The van der Waals surface area contributed by atoms with Crippen LogP contribution in [0.2, 0.25) is 0 Å². The van der Waals surface area contributed by atoms with Crippen LogP contribution in [0.5, 0.6) is 0 Å². The molecule has 0 N–H and O–H groups in total. The zero-order valence-electron chi connectivity index (χ0n) is 16.2. The van der Waals surface area contributed by atoms with Crippen molar-refractivity contribution in [1.29, 1.82) is 0 Å². The summed E-state index contributed by atoms with van der Waals surface area (Å²) in [6.07, 6.45) is 0. The lowest BCUT2D eigenvalue weighted by Gasteiger charge is -2.05. The molecule has 0 bridgehead atoms. The first-order chi connectivity index (χ1) is 12.3. The Balaban J connectivity index is 2.28. The number of hydrogen-bond acceptors (Lipinski definition) is 1. The summed E-state index contributed by atoms with van der Waals surface area (Å²) in [5.41, 5.74) is 1.28. The molecule has 0 saturated heterocycles. The molecule has 96 valence electrons. The van der Waals surface area contributed by atoms with Gasteiger partial charge in [-0.1, -0.05) is 48.5 Å². The monoisotopic (exact) mass is 328 g/mol. The van der Waals surface area contributed by atoms with Gasteiger partial charge in [-0.25, -0.2) is 0 Å². The molecule has 0 radical (unpaired) electrons. The van der Waals surface area contributed by atoms with Gasteiger partial charge in [0, 0.05) is 15.2 Å². The maximum atomic E-state index is 8.38. The molecule has 2 heteroatoms. The van der Waals surface area contributed by atoms with Crippen LogP contribution >= 0.6 is 15.9 Å². The molecule has 20 heavy (non-hydrogen) atoms. The number of fused-ring (bicyclic) bond motifs is 3. The zero-order chi connectivity index (χ0) is 18.7. The number of para-hydroxylation sites is 1. The first kappa shape index (κ1) is 7.09. The van der Waals surface area contributed by atoms with Crippen molar-refractivity contribution in [2.45, 2.75) is 0 Å². The predicted molar refractivity (Wildman–Crippen MR) is 86.9 cm³/mol. The van der Waals surface area contributed by atoms with E-state index >= 15 is 0 Å². The molecule has 0 aliphatic carbocycles. The van der Waals surface area contributed by atoms with Crippen molar-refractivity contribution in [2.24, 2.45) is 0 Å². The topological polar surface area (TPSA) is 13.1 Å². The van der Waals surface area contributed by atoms with Gasteiger partial charge in [0.2, 0.25) is 0 Å². The molecule has 4 rings (SSSR count). The van der Waals surface area contributed by atoms with E-state index in [2.05, 4.69) is 15.9 Å². The molecule has 3 aromatic carbocycles.